The van der Waals surface area contributed by atoms with Crippen LogP contribution in [0.5, 0.6) is 0 Å². The summed E-state index contributed by atoms with van der Waals surface area (Å²) in [6.07, 6.45) is 0.585. The second-order valence-corrected chi connectivity index (χ2v) is 5.32. The van der Waals surface area contributed by atoms with Crippen LogP contribution in [0.4, 0.5) is 0 Å². The minimum absolute atomic E-state index is 0.238. The summed E-state index contributed by atoms with van der Waals surface area (Å²) in [5.74, 6) is 1.13. The number of nitrogens with zero attached hydrogens (tertiary/aromatic N) is 3. The number of amides is 1. The second kappa shape index (κ2) is 6.33. The van der Waals surface area contributed by atoms with Gasteiger partial charge in [-0.1, -0.05) is 21.1 Å². The predicted molar refractivity (Wildman–Crippen MR) is 71.5 cm³/mol. The fourth-order valence-electron chi connectivity index (χ4n) is 2.11. The van der Waals surface area contributed by atoms with Gasteiger partial charge in [0.05, 0.1) is 12.2 Å². The summed E-state index contributed by atoms with van der Waals surface area (Å²) in [7, 11) is 0. The van der Waals surface area contributed by atoms with E-state index in [1.54, 1.807) is 0 Å². The largest absolute Gasteiger partial charge is 0.360 e. The average molecular weight is 316 g/mol. The molecule has 1 saturated heterocycles. The Morgan fingerprint density at radius 3 is 2.72 bits per heavy atom. The van der Waals surface area contributed by atoms with Crippen LogP contribution in [0.25, 0.3) is 0 Å². The summed E-state index contributed by atoms with van der Waals surface area (Å²) in [6.45, 7) is 6.10. The van der Waals surface area contributed by atoms with Crippen LogP contribution in [0.3, 0.4) is 0 Å². The molecule has 5 nitrogen and oxygen atoms in total. The van der Waals surface area contributed by atoms with Gasteiger partial charge < -0.3 is 9.42 Å². The Labute approximate surface area is 115 Å². The summed E-state index contributed by atoms with van der Waals surface area (Å²) in [6, 6.07) is 1.96. The molecule has 0 bridgehead atoms. The number of carbonyl (C=O) groups excluding carboxylic acids is 1. The number of carbonyl (C=O) groups is 1. The molecule has 6 heteroatoms. The first-order valence-corrected chi connectivity index (χ1v) is 7.29. The molecule has 0 N–H and O–H groups in total. The van der Waals surface area contributed by atoms with Gasteiger partial charge in [-0.15, -0.1) is 0 Å². The van der Waals surface area contributed by atoms with Crippen molar-refractivity contribution in [3.8, 4) is 0 Å². The van der Waals surface area contributed by atoms with Gasteiger partial charge in [0.2, 0.25) is 5.91 Å². The van der Waals surface area contributed by atoms with Crippen molar-refractivity contribution in [2.24, 2.45) is 0 Å². The van der Waals surface area contributed by atoms with Crippen molar-refractivity contribution >= 4 is 21.8 Å². The van der Waals surface area contributed by atoms with Crippen LogP contribution in [0.15, 0.2) is 10.6 Å². The molecular formula is C12H18BrN3O2. The van der Waals surface area contributed by atoms with Crippen molar-refractivity contribution in [1.29, 1.82) is 0 Å². The first kappa shape index (κ1) is 13.5. The molecule has 1 aliphatic rings. The van der Waals surface area contributed by atoms with Crippen molar-refractivity contribution in [2.45, 2.75) is 19.9 Å². The zero-order chi connectivity index (χ0) is 13.0. The normalized spacial score (nSPS) is 17.1. The van der Waals surface area contributed by atoms with E-state index >= 15 is 0 Å². The highest BCUT2D eigenvalue weighted by Crippen LogP contribution is 2.10. The highest BCUT2D eigenvalue weighted by Gasteiger charge is 2.21. The van der Waals surface area contributed by atoms with Crippen molar-refractivity contribution in [2.75, 3.05) is 31.5 Å². The van der Waals surface area contributed by atoms with Crippen LogP contribution in [-0.4, -0.2) is 52.4 Å². The molecule has 1 amide bonds. The minimum atomic E-state index is 0.238. The van der Waals surface area contributed by atoms with Crippen molar-refractivity contribution < 1.29 is 9.32 Å². The Kier molecular flexibility index (Phi) is 4.77. The maximum Gasteiger partial charge on any atom is 0.223 e. The minimum Gasteiger partial charge on any atom is -0.360 e. The molecule has 100 valence electrons. The number of hydrogen-bond donors (Lipinski definition) is 0. The van der Waals surface area contributed by atoms with Crippen LogP contribution in [-0.2, 0) is 11.3 Å². The quantitative estimate of drug-likeness (QED) is 0.788. The van der Waals surface area contributed by atoms with Crippen LogP contribution < -0.4 is 0 Å². The molecule has 2 heterocycles. The summed E-state index contributed by atoms with van der Waals surface area (Å²) in [5.41, 5.74) is 0.913. The van der Waals surface area contributed by atoms with E-state index in [1.165, 1.54) is 0 Å². The van der Waals surface area contributed by atoms with Gasteiger partial charge in [0.25, 0.3) is 0 Å². The fourth-order valence-corrected chi connectivity index (χ4v) is 2.44. The van der Waals surface area contributed by atoms with E-state index in [9.17, 15) is 4.79 Å². The molecule has 0 saturated carbocycles. The van der Waals surface area contributed by atoms with E-state index in [-0.39, 0.29) is 5.91 Å². The van der Waals surface area contributed by atoms with Gasteiger partial charge in [-0.25, -0.2) is 0 Å². The SMILES string of the molecule is Cc1cc(CN2CCN(C(=O)CCBr)CC2)on1. The second-order valence-electron chi connectivity index (χ2n) is 4.53. The zero-order valence-electron chi connectivity index (χ0n) is 10.6. The number of aromatic nitrogens is 1. The van der Waals surface area contributed by atoms with Crippen molar-refractivity contribution in [3.63, 3.8) is 0 Å². The van der Waals surface area contributed by atoms with Gasteiger partial charge in [-0.2, -0.15) is 0 Å². The third-order valence-electron chi connectivity index (χ3n) is 3.09. The molecule has 0 spiro atoms. The summed E-state index contributed by atoms with van der Waals surface area (Å²) in [4.78, 5) is 15.9. The average Bonchev–Trinajstić information content (AvgIpc) is 2.76. The molecule has 0 aromatic carbocycles. The molecule has 0 unspecified atom stereocenters. The summed E-state index contributed by atoms with van der Waals surface area (Å²) < 4.78 is 5.20. The molecule has 2 rings (SSSR count). The Morgan fingerprint density at radius 2 is 2.17 bits per heavy atom. The van der Waals surface area contributed by atoms with Gasteiger partial charge in [0, 0.05) is 44.0 Å². The number of piperazine rings is 1. The van der Waals surface area contributed by atoms with Crippen LogP contribution in [0.1, 0.15) is 17.9 Å². The molecule has 1 aromatic rings. The smallest absolute Gasteiger partial charge is 0.223 e. The van der Waals surface area contributed by atoms with Gasteiger partial charge >= 0.3 is 0 Å². The Balaban J connectivity index is 1.78. The fraction of sp³-hybridized carbons (Fsp3) is 0.667. The molecule has 18 heavy (non-hydrogen) atoms. The number of halogens is 1. The van der Waals surface area contributed by atoms with E-state index in [2.05, 4.69) is 26.0 Å². The van der Waals surface area contributed by atoms with Crippen molar-refractivity contribution in [3.05, 3.63) is 17.5 Å². The topological polar surface area (TPSA) is 49.6 Å². The lowest BCUT2D eigenvalue weighted by atomic mass is 10.2. The Morgan fingerprint density at radius 1 is 1.44 bits per heavy atom. The van der Waals surface area contributed by atoms with Gasteiger partial charge in [-0.05, 0) is 6.92 Å². The van der Waals surface area contributed by atoms with Crippen LogP contribution in [0, 0.1) is 6.92 Å². The highest BCUT2D eigenvalue weighted by atomic mass is 79.9. The van der Waals surface area contributed by atoms with Crippen molar-refractivity contribution in [1.82, 2.24) is 15.0 Å². The monoisotopic (exact) mass is 315 g/mol. The summed E-state index contributed by atoms with van der Waals surface area (Å²) >= 11 is 3.30. The molecule has 1 aromatic heterocycles. The maximum atomic E-state index is 11.7. The Hall–Kier alpha value is -0.880. The molecule has 1 fully saturated rings. The van der Waals surface area contributed by atoms with Gasteiger partial charge in [0.1, 0.15) is 0 Å². The van der Waals surface area contributed by atoms with E-state index < -0.39 is 0 Å². The summed E-state index contributed by atoms with van der Waals surface area (Å²) in [5, 5.41) is 4.62. The van der Waals surface area contributed by atoms with Gasteiger partial charge in [0.15, 0.2) is 5.76 Å². The molecule has 0 atom stereocenters. The Bertz CT molecular complexity index is 400. The number of aryl methyl sites for hydroxylation is 1. The first-order chi connectivity index (χ1) is 8.69. The van der Waals surface area contributed by atoms with E-state index in [0.29, 0.717) is 6.42 Å². The third kappa shape index (κ3) is 3.55. The van der Waals surface area contributed by atoms with Crippen LogP contribution in [0.2, 0.25) is 0 Å². The number of hydrogen-bond acceptors (Lipinski definition) is 4. The van der Waals surface area contributed by atoms with Gasteiger partial charge in [-0.3, -0.25) is 9.69 Å². The molecule has 0 radical (unpaired) electrons. The predicted octanol–water partition coefficient (Wildman–Crippen LogP) is 1.41. The maximum absolute atomic E-state index is 11.7. The number of rotatable bonds is 4. The lowest BCUT2D eigenvalue weighted by molar-refractivity contribution is -0.132. The molecular weight excluding hydrogens is 298 g/mol. The van der Waals surface area contributed by atoms with E-state index in [4.69, 9.17) is 4.52 Å². The lowest BCUT2D eigenvalue weighted by Crippen LogP contribution is -2.48. The standard InChI is InChI=1S/C12H18BrN3O2/c1-10-8-11(18-14-10)9-15-4-6-16(7-5-15)12(17)2-3-13/h8H,2-7,9H2,1H3. The number of alkyl halides is 1. The highest BCUT2D eigenvalue weighted by molar-refractivity contribution is 9.09. The lowest BCUT2D eigenvalue weighted by Gasteiger charge is -2.34. The molecule has 1 aliphatic heterocycles. The first-order valence-electron chi connectivity index (χ1n) is 6.17. The zero-order valence-corrected chi connectivity index (χ0v) is 12.1. The van der Waals surface area contributed by atoms with E-state index in [1.807, 2.05) is 17.9 Å². The third-order valence-corrected chi connectivity index (χ3v) is 3.49. The van der Waals surface area contributed by atoms with Crippen LogP contribution >= 0.6 is 15.9 Å². The molecule has 0 aliphatic carbocycles. The van der Waals surface area contributed by atoms with E-state index in [0.717, 1.165) is 49.5 Å².